The Labute approximate surface area is 171 Å². The number of hydrogen-bond acceptors (Lipinski definition) is 3. The monoisotopic (exact) mass is 412 g/mol. The molecule has 28 heavy (non-hydrogen) atoms. The molecule has 1 N–H and O–H groups in total. The fourth-order valence-electron chi connectivity index (χ4n) is 2.91. The zero-order valence-corrected chi connectivity index (χ0v) is 16.2. The Morgan fingerprint density at radius 2 is 1.86 bits per heavy atom. The fourth-order valence-corrected chi connectivity index (χ4v) is 3.29. The lowest BCUT2D eigenvalue weighted by Gasteiger charge is -2.14. The first-order chi connectivity index (χ1) is 13.4. The molecule has 140 valence electrons. The topological polar surface area (TPSA) is 62.6 Å². The number of carbonyl (C=O) groups is 2. The summed E-state index contributed by atoms with van der Waals surface area (Å²) in [6.45, 7) is 1.91. The van der Waals surface area contributed by atoms with Crippen molar-refractivity contribution in [3.8, 4) is 11.3 Å². The lowest BCUT2D eigenvalue weighted by atomic mass is 10.2. The third-order valence-electron chi connectivity index (χ3n) is 4.26. The molecule has 0 atom stereocenters. The van der Waals surface area contributed by atoms with Crippen molar-refractivity contribution in [1.82, 2.24) is 5.43 Å². The summed E-state index contributed by atoms with van der Waals surface area (Å²) in [5.74, 6) is -0.101. The first kappa shape index (κ1) is 18.3. The molecule has 1 saturated heterocycles. The van der Waals surface area contributed by atoms with Gasteiger partial charge in [0.1, 0.15) is 17.1 Å². The number of nitrogens with one attached hydrogen (secondary N) is 1. The van der Waals surface area contributed by atoms with Crippen LogP contribution in [0, 0.1) is 6.92 Å². The molecule has 0 unspecified atom stereocenters. The van der Waals surface area contributed by atoms with E-state index in [1.54, 1.807) is 36.4 Å². The molecule has 2 amide bonds. The first-order valence-corrected chi connectivity index (χ1v) is 9.17. The van der Waals surface area contributed by atoms with E-state index in [0.717, 1.165) is 5.56 Å². The Bertz CT molecular complexity index is 1130. The van der Waals surface area contributed by atoms with Gasteiger partial charge < -0.3 is 4.42 Å². The molecule has 1 aromatic heterocycles. The van der Waals surface area contributed by atoms with Gasteiger partial charge in [0.25, 0.3) is 11.8 Å². The van der Waals surface area contributed by atoms with Gasteiger partial charge in [0.05, 0.1) is 10.7 Å². The molecule has 0 saturated carbocycles. The van der Waals surface area contributed by atoms with Gasteiger partial charge in [-0.3, -0.25) is 15.0 Å². The Morgan fingerprint density at radius 1 is 1.04 bits per heavy atom. The summed E-state index contributed by atoms with van der Waals surface area (Å²) in [6, 6.07) is 15.7. The molecule has 1 aliphatic rings. The number of amides is 2. The minimum absolute atomic E-state index is 0.0143. The van der Waals surface area contributed by atoms with Crippen LogP contribution < -0.4 is 10.4 Å². The largest absolute Gasteiger partial charge is 0.457 e. The highest BCUT2D eigenvalue weighted by molar-refractivity contribution is 6.35. The van der Waals surface area contributed by atoms with Crippen LogP contribution in [0.4, 0.5) is 5.69 Å². The summed E-state index contributed by atoms with van der Waals surface area (Å²) in [4.78, 5) is 25.0. The van der Waals surface area contributed by atoms with Crippen molar-refractivity contribution in [2.75, 3.05) is 5.01 Å². The van der Waals surface area contributed by atoms with Crippen LogP contribution in [-0.2, 0) is 9.59 Å². The Hall–Kier alpha value is -3.02. The molecule has 0 spiro atoms. The molecule has 0 radical (unpaired) electrons. The van der Waals surface area contributed by atoms with Gasteiger partial charge >= 0.3 is 0 Å². The molecule has 2 heterocycles. The highest BCUT2D eigenvalue weighted by atomic mass is 35.5. The quantitative estimate of drug-likeness (QED) is 0.484. The van der Waals surface area contributed by atoms with Gasteiger partial charge in [0.15, 0.2) is 0 Å². The Kier molecular flexibility index (Phi) is 4.71. The fraction of sp³-hybridized carbons (Fsp3) is 0.0476. The number of halogens is 2. The smallest absolute Gasteiger partial charge is 0.282 e. The van der Waals surface area contributed by atoms with Crippen LogP contribution in [-0.4, -0.2) is 11.8 Å². The van der Waals surface area contributed by atoms with E-state index >= 15 is 0 Å². The summed E-state index contributed by atoms with van der Waals surface area (Å²) in [7, 11) is 0. The van der Waals surface area contributed by atoms with Crippen LogP contribution in [0.25, 0.3) is 17.4 Å². The number of hydrazine groups is 1. The van der Waals surface area contributed by atoms with Gasteiger partial charge in [0.2, 0.25) is 0 Å². The summed E-state index contributed by atoms with van der Waals surface area (Å²) in [5, 5.41) is 2.23. The van der Waals surface area contributed by atoms with Gasteiger partial charge in [0, 0.05) is 10.6 Å². The van der Waals surface area contributed by atoms with Crippen LogP contribution >= 0.6 is 23.2 Å². The van der Waals surface area contributed by atoms with E-state index in [2.05, 4.69) is 5.43 Å². The number of aryl methyl sites for hydroxylation is 1. The van der Waals surface area contributed by atoms with Crippen LogP contribution in [0.2, 0.25) is 10.0 Å². The number of nitrogens with zero attached hydrogens (tertiary/aromatic N) is 1. The van der Waals surface area contributed by atoms with E-state index in [4.69, 9.17) is 27.6 Å². The number of furan rings is 1. The normalized spacial score (nSPS) is 15.4. The van der Waals surface area contributed by atoms with Gasteiger partial charge in [-0.1, -0.05) is 35.3 Å². The van der Waals surface area contributed by atoms with E-state index in [1.165, 1.54) is 11.1 Å². The average Bonchev–Trinajstić information content (AvgIpc) is 3.24. The number of benzene rings is 2. The first-order valence-electron chi connectivity index (χ1n) is 8.41. The maximum atomic E-state index is 12.7. The Morgan fingerprint density at radius 3 is 2.64 bits per heavy atom. The molecule has 1 aliphatic heterocycles. The summed E-state index contributed by atoms with van der Waals surface area (Å²) in [6.07, 6.45) is 1.41. The standard InChI is InChI=1S/C21H14Cl2N2O3/c1-12-3-2-4-14(9-12)25-21(27)17(20(26)24-25)11-15-6-8-19(28-15)16-10-13(22)5-7-18(16)23/h2-11H,1H3,(H,24,26)/b17-11-. The maximum absolute atomic E-state index is 12.7. The van der Waals surface area contributed by atoms with Crippen molar-refractivity contribution in [3.63, 3.8) is 0 Å². The zero-order chi connectivity index (χ0) is 19.8. The summed E-state index contributed by atoms with van der Waals surface area (Å²) < 4.78 is 5.75. The predicted molar refractivity (Wildman–Crippen MR) is 109 cm³/mol. The minimum atomic E-state index is -0.495. The van der Waals surface area contributed by atoms with Crippen molar-refractivity contribution in [3.05, 3.63) is 81.5 Å². The van der Waals surface area contributed by atoms with Crippen LogP contribution in [0.1, 0.15) is 11.3 Å². The lowest BCUT2D eigenvalue weighted by Crippen LogP contribution is -2.35. The van der Waals surface area contributed by atoms with Crippen molar-refractivity contribution in [1.29, 1.82) is 0 Å². The molecule has 4 rings (SSSR count). The lowest BCUT2D eigenvalue weighted by molar-refractivity contribution is -0.117. The van der Waals surface area contributed by atoms with E-state index in [1.807, 2.05) is 25.1 Å². The van der Waals surface area contributed by atoms with E-state index in [-0.39, 0.29) is 5.57 Å². The molecule has 7 heteroatoms. The van der Waals surface area contributed by atoms with Crippen LogP contribution in [0.15, 0.2) is 64.6 Å². The highest BCUT2D eigenvalue weighted by Crippen LogP contribution is 2.32. The molecule has 0 bridgehead atoms. The van der Waals surface area contributed by atoms with Gasteiger partial charge in [-0.2, -0.15) is 0 Å². The van der Waals surface area contributed by atoms with Crippen LogP contribution in [0.3, 0.4) is 0 Å². The number of carbonyl (C=O) groups excluding carboxylic acids is 2. The number of anilines is 1. The molecule has 5 nitrogen and oxygen atoms in total. The summed E-state index contributed by atoms with van der Waals surface area (Å²) >= 11 is 12.2. The molecule has 0 aliphatic carbocycles. The minimum Gasteiger partial charge on any atom is -0.457 e. The average molecular weight is 413 g/mol. The molecular weight excluding hydrogens is 399 g/mol. The van der Waals surface area contributed by atoms with Crippen molar-refractivity contribution >= 4 is 46.8 Å². The SMILES string of the molecule is Cc1cccc(N2NC(=O)/C(=C/c3ccc(-c4cc(Cl)ccc4Cl)o3)C2=O)c1. The summed E-state index contributed by atoms with van der Waals surface area (Å²) in [5.41, 5.74) is 4.75. The Balaban J connectivity index is 1.64. The van der Waals surface area contributed by atoms with E-state index in [9.17, 15) is 9.59 Å². The maximum Gasteiger partial charge on any atom is 0.282 e. The molecule has 1 fully saturated rings. The van der Waals surface area contributed by atoms with Gasteiger partial charge in [-0.05, 0) is 61.0 Å². The molecule has 3 aromatic rings. The molecular formula is C21H14Cl2N2O3. The van der Waals surface area contributed by atoms with Crippen molar-refractivity contribution in [2.45, 2.75) is 6.92 Å². The second-order valence-electron chi connectivity index (χ2n) is 6.30. The third-order valence-corrected chi connectivity index (χ3v) is 4.82. The van der Waals surface area contributed by atoms with Gasteiger partial charge in [-0.25, -0.2) is 5.01 Å². The highest BCUT2D eigenvalue weighted by Gasteiger charge is 2.34. The van der Waals surface area contributed by atoms with Crippen molar-refractivity contribution < 1.29 is 14.0 Å². The van der Waals surface area contributed by atoms with Gasteiger partial charge in [-0.15, -0.1) is 0 Å². The molecule has 2 aromatic carbocycles. The van der Waals surface area contributed by atoms with Crippen molar-refractivity contribution in [2.24, 2.45) is 0 Å². The predicted octanol–water partition coefficient (Wildman–Crippen LogP) is 5.02. The third kappa shape index (κ3) is 3.42. The van der Waals surface area contributed by atoms with Crippen LogP contribution in [0.5, 0.6) is 0 Å². The number of hydrogen-bond donors (Lipinski definition) is 1. The second-order valence-corrected chi connectivity index (χ2v) is 7.15. The zero-order valence-electron chi connectivity index (χ0n) is 14.7. The van der Waals surface area contributed by atoms with E-state index in [0.29, 0.717) is 32.8 Å². The second kappa shape index (κ2) is 7.19. The number of rotatable bonds is 3. The van der Waals surface area contributed by atoms with E-state index < -0.39 is 11.8 Å².